The van der Waals surface area contributed by atoms with Crippen LogP contribution in [-0.2, 0) is 26.6 Å². The molecule has 0 bridgehead atoms. The molecule has 0 saturated carbocycles. The molecule has 12 nitrogen and oxygen atoms in total. The Kier molecular flexibility index (Phi) is 14.7. The van der Waals surface area contributed by atoms with Gasteiger partial charge in [0.25, 0.3) is 0 Å². The molecule has 0 aromatic heterocycles. The van der Waals surface area contributed by atoms with Gasteiger partial charge in [0.2, 0.25) is 20.0 Å². The molecule has 1 unspecified atom stereocenters. The SMILES string of the molecule is CCOc1cc(Cl)c(S(=O)(=O)NC(C)(C)C)cc1/C(=N/C(C)(C)C1C=CC(Cl)=CC1)N(Cc1ccc(Cl)cc1)C(=O)N1CCN(CCNS(C)(=O)=O)CC1. The maximum Gasteiger partial charge on any atom is 0.326 e. The van der Waals surface area contributed by atoms with E-state index in [0.717, 1.165) is 11.8 Å². The number of piperazine rings is 1. The maximum absolute atomic E-state index is 14.9. The number of nitrogens with zero attached hydrogens (tertiary/aromatic N) is 4. The van der Waals surface area contributed by atoms with Gasteiger partial charge in [0.05, 0.1) is 35.5 Å². The number of hydrogen-bond acceptors (Lipinski definition) is 8. The second kappa shape index (κ2) is 18.1. The molecular formula is C37H51Cl3N6O6S2. The fraction of sp³-hybridized carbons (Fsp3) is 0.514. The highest BCUT2D eigenvalue weighted by Crippen LogP contribution is 2.36. The van der Waals surface area contributed by atoms with Crippen LogP contribution in [0, 0.1) is 5.92 Å². The number of amidine groups is 1. The number of halogens is 3. The lowest BCUT2D eigenvalue weighted by Crippen LogP contribution is -2.55. The van der Waals surface area contributed by atoms with Gasteiger partial charge in [-0.25, -0.2) is 31.1 Å². The summed E-state index contributed by atoms with van der Waals surface area (Å²) >= 11 is 19.2. The number of hydrogen-bond donors (Lipinski definition) is 2. The largest absolute Gasteiger partial charge is 0.493 e. The molecule has 2 amide bonds. The predicted molar refractivity (Wildman–Crippen MR) is 218 cm³/mol. The van der Waals surface area contributed by atoms with Crippen molar-refractivity contribution in [2.45, 2.75) is 70.5 Å². The average molecular weight is 846 g/mol. The van der Waals surface area contributed by atoms with Crippen molar-refractivity contribution < 1.29 is 26.4 Å². The summed E-state index contributed by atoms with van der Waals surface area (Å²) in [4.78, 5) is 25.5. The van der Waals surface area contributed by atoms with Gasteiger partial charge < -0.3 is 9.64 Å². The zero-order chi connectivity index (χ0) is 40.1. The van der Waals surface area contributed by atoms with E-state index in [-0.39, 0.29) is 58.7 Å². The van der Waals surface area contributed by atoms with Gasteiger partial charge >= 0.3 is 6.03 Å². The average Bonchev–Trinajstić information content (AvgIpc) is 3.06. The van der Waals surface area contributed by atoms with Gasteiger partial charge in [-0.1, -0.05) is 59.1 Å². The molecule has 1 aliphatic heterocycles. The van der Waals surface area contributed by atoms with Crippen LogP contribution >= 0.6 is 34.8 Å². The normalized spacial score (nSPS) is 17.7. The summed E-state index contributed by atoms with van der Waals surface area (Å²) in [5.41, 5.74) is -0.633. The Hall–Kier alpha value is -2.69. The number of benzene rings is 2. The lowest BCUT2D eigenvalue weighted by atomic mass is 9.83. The van der Waals surface area contributed by atoms with E-state index >= 15 is 0 Å². The van der Waals surface area contributed by atoms with Crippen LogP contribution in [0.4, 0.5) is 4.79 Å². The summed E-state index contributed by atoms with van der Waals surface area (Å²) in [6, 6.07) is 9.65. The van der Waals surface area contributed by atoms with E-state index in [4.69, 9.17) is 44.5 Å². The Labute approximate surface area is 335 Å². The third kappa shape index (κ3) is 12.4. The van der Waals surface area contributed by atoms with E-state index in [9.17, 15) is 21.6 Å². The first kappa shape index (κ1) is 44.0. The van der Waals surface area contributed by atoms with Crippen LogP contribution < -0.4 is 14.2 Å². The Morgan fingerprint density at radius 2 is 1.65 bits per heavy atom. The summed E-state index contributed by atoms with van der Waals surface area (Å²) in [6.07, 6.45) is 7.44. The summed E-state index contributed by atoms with van der Waals surface area (Å²) in [5.74, 6) is 0.326. The summed E-state index contributed by atoms with van der Waals surface area (Å²) < 4.78 is 62.2. The number of amides is 2. The first-order valence-corrected chi connectivity index (χ1v) is 22.2. The monoisotopic (exact) mass is 844 g/mol. The summed E-state index contributed by atoms with van der Waals surface area (Å²) in [7, 11) is -7.49. The van der Waals surface area contributed by atoms with Crippen LogP contribution in [-0.4, -0.2) is 107 Å². The van der Waals surface area contributed by atoms with Gasteiger partial charge in [-0.15, -0.1) is 0 Å². The van der Waals surface area contributed by atoms with Crippen LogP contribution in [0.5, 0.6) is 5.75 Å². The molecule has 17 heteroatoms. The molecule has 1 saturated heterocycles. The number of rotatable bonds is 13. The molecule has 2 aromatic rings. The van der Waals surface area contributed by atoms with Crippen molar-refractivity contribution in [3.05, 3.63) is 80.8 Å². The quantitative estimate of drug-likeness (QED) is 0.174. The number of sulfonamides is 2. The minimum absolute atomic E-state index is 0.0513. The fourth-order valence-electron chi connectivity index (χ4n) is 6.12. The van der Waals surface area contributed by atoms with Crippen LogP contribution in [0.25, 0.3) is 0 Å². The third-order valence-electron chi connectivity index (χ3n) is 8.84. The van der Waals surface area contributed by atoms with E-state index in [1.807, 2.05) is 44.2 Å². The number of nitrogens with one attached hydrogen (secondary N) is 2. The fourth-order valence-corrected chi connectivity index (χ4v) is 8.83. The van der Waals surface area contributed by atoms with Crippen LogP contribution in [0.2, 0.25) is 10.0 Å². The maximum atomic E-state index is 14.9. The van der Waals surface area contributed by atoms with Crippen molar-refractivity contribution >= 4 is 66.7 Å². The van der Waals surface area contributed by atoms with Crippen molar-refractivity contribution in [1.29, 1.82) is 0 Å². The second-order valence-electron chi connectivity index (χ2n) is 14.9. The Morgan fingerprint density at radius 3 is 2.20 bits per heavy atom. The van der Waals surface area contributed by atoms with E-state index in [2.05, 4.69) is 14.3 Å². The van der Waals surface area contributed by atoms with Gasteiger partial charge in [-0.2, -0.15) is 0 Å². The minimum atomic E-state index is -4.16. The topological polar surface area (TPSA) is 141 Å². The highest BCUT2D eigenvalue weighted by molar-refractivity contribution is 7.89. The van der Waals surface area contributed by atoms with Gasteiger partial charge in [0, 0.05) is 66.8 Å². The number of carbonyl (C=O) groups is 1. The van der Waals surface area contributed by atoms with Crippen LogP contribution in [0.15, 0.2) is 69.5 Å². The molecule has 0 radical (unpaired) electrons. The molecular weight excluding hydrogens is 795 g/mol. The zero-order valence-corrected chi connectivity index (χ0v) is 35.7. The molecule has 1 atom stereocenters. The number of carbonyl (C=O) groups excluding carboxylic acids is 1. The van der Waals surface area contributed by atoms with Crippen molar-refractivity contribution in [2.75, 3.05) is 52.1 Å². The Bertz CT molecular complexity index is 1970. The lowest BCUT2D eigenvalue weighted by Gasteiger charge is -2.39. The van der Waals surface area contributed by atoms with Gasteiger partial charge in [-0.3, -0.25) is 14.8 Å². The van der Waals surface area contributed by atoms with Crippen molar-refractivity contribution in [2.24, 2.45) is 10.9 Å². The van der Waals surface area contributed by atoms with E-state index in [1.165, 1.54) is 12.1 Å². The number of aliphatic imine (C=N–C) groups is 1. The standard InChI is InChI=1S/C37H51Cl3N6O6S2/c1-8-52-32-24-31(40)33(54(50,51)43-36(2,3)4)23-30(32)34(42-37(5,6)27-11-15-29(39)16-12-27)46(25-26-9-13-28(38)14-10-26)35(47)45-21-19-44(20-22-45)18-17-41-53(7,48)49/h9-11,13-16,23-24,27,41,43H,8,12,17-22,25H2,1-7H3/b42-34-. The van der Waals surface area contributed by atoms with Crippen molar-refractivity contribution in [3.8, 4) is 5.75 Å². The second-order valence-corrected chi connectivity index (χ2v) is 19.7. The number of allylic oxidation sites excluding steroid dienone is 3. The molecule has 1 heterocycles. The van der Waals surface area contributed by atoms with Crippen molar-refractivity contribution in [3.63, 3.8) is 0 Å². The van der Waals surface area contributed by atoms with Gasteiger partial charge in [0.15, 0.2) is 0 Å². The molecule has 1 fully saturated rings. The summed E-state index contributed by atoms with van der Waals surface area (Å²) in [5, 5.41) is 1.10. The Morgan fingerprint density at radius 1 is 1.00 bits per heavy atom. The van der Waals surface area contributed by atoms with E-state index < -0.39 is 31.1 Å². The van der Waals surface area contributed by atoms with Gasteiger partial charge in [-0.05, 0) is 77.8 Å². The number of ether oxygens (including phenoxy) is 1. The zero-order valence-electron chi connectivity index (χ0n) is 31.8. The Balaban J connectivity index is 1.90. The molecule has 4 rings (SSSR count). The molecule has 2 N–H and O–H groups in total. The molecule has 1 aliphatic carbocycles. The van der Waals surface area contributed by atoms with Crippen molar-refractivity contribution in [1.82, 2.24) is 24.1 Å². The van der Waals surface area contributed by atoms with E-state index in [1.54, 1.807) is 49.6 Å². The lowest BCUT2D eigenvalue weighted by molar-refractivity contribution is 0.126. The molecule has 2 aromatic carbocycles. The minimum Gasteiger partial charge on any atom is -0.493 e. The van der Waals surface area contributed by atoms with Crippen LogP contribution in [0.1, 0.15) is 59.1 Å². The van der Waals surface area contributed by atoms with Gasteiger partial charge in [0.1, 0.15) is 16.5 Å². The van der Waals surface area contributed by atoms with E-state index in [0.29, 0.717) is 49.2 Å². The molecule has 54 heavy (non-hydrogen) atoms. The highest BCUT2D eigenvalue weighted by Gasteiger charge is 2.36. The third-order valence-corrected chi connectivity index (χ3v) is 12.3. The number of urea groups is 1. The molecule has 298 valence electrons. The first-order valence-electron chi connectivity index (χ1n) is 17.7. The first-order chi connectivity index (χ1) is 25.1. The predicted octanol–water partition coefficient (Wildman–Crippen LogP) is 6.48. The smallest absolute Gasteiger partial charge is 0.326 e. The highest BCUT2D eigenvalue weighted by atomic mass is 35.5. The van der Waals surface area contributed by atoms with Crippen LogP contribution in [0.3, 0.4) is 0 Å². The molecule has 0 spiro atoms. The summed E-state index contributed by atoms with van der Waals surface area (Å²) in [6.45, 7) is 13.7. The molecule has 2 aliphatic rings.